The first-order valence-corrected chi connectivity index (χ1v) is 7.86. The molecule has 96 valence electrons. The molecule has 0 aromatic heterocycles. The molecule has 0 aliphatic rings. The van der Waals surface area contributed by atoms with Crippen LogP contribution in [-0.4, -0.2) is 27.3 Å². The highest BCUT2D eigenvalue weighted by atomic mass is 79.9. The number of halogens is 1. The number of nitrogens with one attached hydrogen (secondary N) is 2. The van der Waals surface area contributed by atoms with Gasteiger partial charge in [-0.25, -0.2) is 8.42 Å². The fourth-order valence-corrected chi connectivity index (χ4v) is 2.57. The van der Waals surface area contributed by atoms with E-state index >= 15 is 0 Å². The lowest BCUT2D eigenvalue weighted by molar-refractivity contribution is 0.597. The van der Waals surface area contributed by atoms with E-state index < -0.39 is 10.0 Å². The smallest absolute Gasteiger partial charge is 0.233 e. The summed E-state index contributed by atoms with van der Waals surface area (Å²) in [6, 6.07) is 5.37. The van der Waals surface area contributed by atoms with Gasteiger partial charge in [0, 0.05) is 16.7 Å². The summed E-state index contributed by atoms with van der Waals surface area (Å²) in [6.07, 6.45) is 0. The third-order valence-electron chi connectivity index (χ3n) is 2.23. The van der Waals surface area contributed by atoms with Gasteiger partial charge in [-0.05, 0) is 37.2 Å². The molecule has 0 atom stereocenters. The fourth-order valence-electron chi connectivity index (χ4n) is 1.32. The minimum absolute atomic E-state index is 0.0793. The molecule has 0 aliphatic heterocycles. The van der Waals surface area contributed by atoms with Crippen LogP contribution in [0.1, 0.15) is 12.5 Å². The van der Waals surface area contributed by atoms with Crippen LogP contribution in [0.25, 0.3) is 0 Å². The van der Waals surface area contributed by atoms with Crippen molar-refractivity contribution >= 4 is 31.6 Å². The maximum Gasteiger partial charge on any atom is 0.233 e. The lowest BCUT2D eigenvalue weighted by Gasteiger charge is -2.09. The topological polar surface area (TPSA) is 58.2 Å². The van der Waals surface area contributed by atoms with E-state index in [1.54, 1.807) is 12.1 Å². The molecule has 0 saturated heterocycles. The molecule has 0 fully saturated rings. The molecule has 0 bridgehead atoms. The number of hydrogen-bond acceptors (Lipinski definition) is 3. The SMILES string of the molecule is CCNCCS(=O)(=O)Nc1ccc(Br)c(C)c1. The molecule has 1 aromatic rings. The van der Waals surface area contributed by atoms with Gasteiger partial charge in [-0.15, -0.1) is 0 Å². The minimum atomic E-state index is -3.26. The molecular formula is C11H17BrN2O2S. The van der Waals surface area contributed by atoms with Crippen LogP contribution in [0.5, 0.6) is 0 Å². The van der Waals surface area contributed by atoms with Crippen molar-refractivity contribution in [3.05, 3.63) is 28.2 Å². The summed E-state index contributed by atoms with van der Waals surface area (Å²) in [7, 11) is -3.26. The Balaban J connectivity index is 2.66. The average Bonchev–Trinajstić information content (AvgIpc) is 2.23. The Morgan fingerprint density at radius 3 is 2.65 bits per heavy atom. The lowest BCUT2D eigenvalue weighted by atomic mass is 10.2. The molecule has 0 heterocycles. The van der Waals surface area contributed by atoms with E-state index in [-0.39, 0.29) is 5.75 Å². The highest BCUT2D eigenvalue weighted by Crippen LogP contribution is 2.20. The van der Waals surface area contributed by atoms with Crippen molar-refractivity contribution in [2.45, 2.75) is 13.8 Å². The number of anilines is 1. The Morgan fingerprint density at radius 1 is 1.35 bits per heavy atom. The third-order valence-corrected chi connectivity index (χ3v) is 4.41. The van der Waals surface area contributed by atoms with E-state index in [2.05, 4.69) is 26.0 Å². The Morgan fingerprint density at radius 2 is 2.06 bits per heavy atom. The molecule has 0 amide bonds. The van der Waals surface area contributed by atoms with Crippen molar-refractivity contribution in [1.82, 2.24) is 5.32 Å². The van der Waals surface area contributed by atoms with Crippen molar-refractivity contribution < 1.29 is 8.42 Å². The van der Waals surface area contributed by atoms with Gasteiger partial charge >= 0.3 is 0 Å². The first-order valence-electron chi connectivity index (χ1n) is 5.42. The number of benzene rings is 1. The monoisotopic (exact) mass is 320 g/mol. The Labute approximate surface area is 111 Å². The van der Waals surface area contributed by atoms with Crippen LogP contribution >= 0.6 is 15.9 Å². The molecule has 2 N–H and O–H groups in total. The second kappa shape index (κ2) is 6.37. The zero-order chi connectivity index (χ0) is 12.9. The quantitative estimate of drug-likeness (QED) is 0.789. The number of sulfonamides is 1. The van der Waals surface area contributed by atoms with Gasteiger partial charge in [0.15, 0.2) is 0 Å². The highest BCUT2D eigenvalue weighted by Gasteiger charge is 2.10. The molecule has 0 spiro atoms. The van der Waals surface area contributed by atoms with Crippen LogP contribution in [-0.2, 0) is 10.0 Å². The molecule has 6 heteroatoms. The molecule has 0 unspecified atom stereocenters. The van der Waals surface area contributed by atoms with Gasteiger partial charge in [-0.1, -0.05) is 22.9 Å². The second-order valence-electron chi connectivity index (χ2n) is 3.74. The molecular weight excluding hydrogens is 304 g/mol. The Bertz CT molecular complexity index is 474. The first-order chi connectivity index (χ1) is 7.94. The first kappa shape index (κ1) is 14.5. The normalized spacial score (nSPS) is 11.5. The Kier molecular flexibility index (Phi) is 5.42. The van der Waals surface area contributed by atoms with Crippen LogP contribution in [0.15, 0.2) is 22.7 Å². The van der Waals surface area contributed by atoms with E-state index in [0.29, 0.717) is 12.2 Å². The largest absolute Gasteiger partial charge is 0.316 e. The second-order valence-corrected chi connectivity index (χ2v) is 6.43. The molecule has 17 heavy (non-hydrogen) atoms. The zero-order valence-electron chi connectivity index (χ0n) is 9.96. The zero-order valence-corrected chi connectivity index (χ0v) is 12.4. The summed E-state index contributed by atoms with van der Waals surface area (Å²) in [5.41, 5.74) is 1.60. The lowest BCUT2D eigenvalue weighted by Crippen LogP contribution is -2.26. The molecule has 1 rings (SSSR count). The van der Waals surface area contributed by atoms with Crippen molar-refractivity contribution in [2.75, 3.05) is 23.6 Å². The predicted molar refractivity (Wildman–Crippen MR) is 74.8 cm³/mol. The summed E-state index contributed by atoms with van der Waals surface area (Å²) >= 11 is 3.37. The van der Waals surface area contributed by atoms with Crippen molar-refractivity contribution in [3.63, 3.8) is 0 Å². The minimum Gasteiger partial charge on any atom is -0.316 e. The molecule has 1 aromatic carbocycles. The summed E-state index contributed by atoms with van der Waals surface area (Å²) in [6.45, 7) is 5.09. The van der Waals surface area contributed by atoms with Crippen LogP contribution in [0, 0.1) is 6.92 Å². The molecule has 0 aliphatic carbocycles. The molecule has 0 saturated carbocycles. The van der Waals surface area contributed by atoms with Gasteiger partial charge in [-0.2, -0.15) is 0 Å². The van der Waals surface area contributed by atoms with E-state index in [0.717, 1.165) is 16.6 Å². The summed E-state index contributed by atoms with van der Waals surface area (Å²) in [5, 5.41) is 2.98. The van der Waals surface area contributed by atoms with Crippen LogP contribution in [0.3, 0.4) is 0 Å². The third kappa shape index (κ3) is 5.06. The van der Waals surface area contributed by atoms with E-state index in [1.165, 1.54) is 0 Å². The van der Waals surface area contributed by atoms with Crippen molar-refractivity contribution in [1.29, 1.82) is 0 Å². The maximum atomic E-state index is 11.7. The van der Waals surface area contributed by atoms with Gasteiger partial charge in [0.25, 0.3) is 0 Å². The molecule has 4 nitrogen and oxygen atoms in total. The molecule has 0 radical (unpaired) electrons. The fraction of sp³-hybridized carbons (Fsp3) is 0.455. The number of hydrogen-bond donors (Lipinski definition) is 2. The predicted octanol–water partition coefficient (Wildman–Crippen LogP) is 2.11. The van der Waals surface area contributed by atoms with Gasteiger partial charge < -0.3 is 5.32 Å². The number of aryl methyl sites for hydroxylation is 1. The van der Waals surface area contributed by atoms with Crippen molar-refractivity contribution in [2.24, 2.45) is 0 Å². The van der Waals surface area contributed by atoms with Crippen LogP contribution in [0.2, 0.25) is 0 Å². The van der Waals surface area contributed by atoms with Gasteiger partial charge in [-0.3, -0.25) is 4.72 Å². The van der Waals surface area contributed by atoms with E-state index in [9.17, 15) is 8.42 Å². The van der Waals surface area contributed by atoms with Crippen LogP contribution < -0.4 is 10.0 Å². The Hall–Kier alpha value is -0.590. The maximum absolute atomic E-state index is 11.7. The van der Waals surface area contributed by atoms with Crippen LogP contribution in [0.4, 0.5) is 5.69 Å². The van der Waals surface area contributed by atoms with Crippen molar-refractivity contribution in [3.8, 4) is 0 Å². The average molecular weight is 321 g/mol. The summed E-state index contributed by atoms with van der Waals surface area (Å²) in [5.74, 6) is 0.0793. The standard InChI is InChI=1S/C11H17BrN2O2S/c1-3-13-6-7-17(15,16)14-10-4-5-11(12)9(2)8-10/h4-5,8,13-14H,3,6-7H2,1-2H3. The summed E-state index contributed by atoms with van der Waals surface area (Å²) < 4.78 is 26.9. The number of rotatable bonds is 6. The van der Waals surface area contributed by atoms with Gasteiger partial charge in [0.1, 0.15) is 0 Å². The van der Waals surface area contributed by atoms with E-state index in [4.69, 9.17) is 0 Å². The summed E-state index contributed by atoms with van der Waals surface area (Å²) in [4.78, 5) is 0. The van der Waals surface area contributed by atoms with Gasteiger partial charge in [0.05, 0.1) is 5.75 Å². The van der Waals surface area contributed by atoms with Gasteiger partial charge in [0.2, 0.25) is 10.0 Å². The van der Waals surface area contributed by atoms with E-state index in [1.807, 2.05) is 19.9 Å². The highest BCUT2D eigenvalue weighted by molar-refractivity contribution is 9.10.